The highest BCUT2D eigenvalue weighted by Gasteiger charge is 2.14. The minimum absolute atomic E-state index is 0.258. The molecule has 2 aromatic heterocycles. The van der Waals surface area contributed by atoms with E-state index in [2.05, 4.69) is 9.97 Å². The fourth-order valence-corrected chi connectivity index (χ4v) is 1.19. The third-order valence-corrected chi connectivity index (χ3v) is 1.79. The van der Waals surface area contributed by atoms with E-state index < -0.39 is 6.43 Å². The minimum atomic E-state index is -2.61. The smallest absolute Gasteiger partial charge is 0.283 e. The molecule has 0 aromatic carbocycles. The van der Waals surface area contributed by atoms with Gasteiger partial charge < -0.3 is 0 Å². The summed E-state index contributed by atoms with van der Waals surface area (Å²) in [5, 5.41) is 0.258. The van der Waals surface area contributed by atoms with Crippen LogP contribution in [0.2, 0.25) is 5.15 Å². The van der Waals surface area contributed by atoms with Crippen LogP contribution < -0.4 is 0 Å². The summed E-state index contributed by atoms with van der Waals surface area (Å²) in [7, 11) is 0. The summed E-state index contributed by atoms with van der Waals surface area (Å²) in [4.78, 5) is 7.34. The van der Waals surface area contributed by atoms with E-state index in [1.807, 2.05) is 0 Å². The van der Waals surface area contributed by atoms with Gasteiger partial charge in [0.2, 0.25) is 0 Å². The van der Waals surface area contributed by atoms with E-state index >= 15 is 0 Å². The lowest BCUT2D eigenvalue weighted by Gasteiger charge is -1.98. The Morgan fingerprint density at radius 2 is 2.23 bits per heavy atom. The number of aromatic nitrogens is 3. The molecule has 13 heavy (non-hydrogen) atoms. The van der Waals surface area contributed by atoms with Crippen molar-refractivity contribution in [3.63, 3.8) is 0 Å². The van der Waals surface area contributed by atoms with Gasteiger partial charge in [-0.3, -0.25) is 4.40 Å². The van der Waals surface area contributed by atoms with Crippen molar-refractivity contribution in [2.45, 2.75) is 6.43 Å². The van der Waals surface area contributed by atoms with Crippen molar-refractivity contribution in [2.24, 2.45) is 0 Å². The SMILES string of the molecule is FC(F)c1ncc2nc(Cl)ccn12. The summed E-state index contributed by atoms with van der Waals surface area (Å²) in [5.41, 5.74) is 0.322. The monoisotopic (exact) mass is 203 g/mol. The number of nitrogens with zero attached hydrogens (tertiary/aromatic N) is 3. The van der Waals surface area contributed by atoms with Gasteiger partial charge >= 0.3 is 0 Å². The van der Waals surface area contributed by atoms with Crippen LogP contribution in [0.3, 0.4) is 0 Å². The van der Waals surface area contributed by atoms with Gasteiger partial charge in [0.25, 0.3) is 6.43 Å². The molecule has 0 N–H and O–H groups in total. The van der Waals surface area contributed by atoms with Crippen molar-refractivity contribution in [1.82, 2.24) is 14.4 Å². The van der Waals surface area contributed by atoms with Crippen LogP contribution in [-0.2, 0) is 0 Å². The first kappa shape index (κ1) is 8.37. The first-order valence-electron chi connectivity index (χ1n) is 3.46. The van der Waals surface area contributed by atoms with Crippen molar-refractivity contribution in [3.8, 4) is 0 Å². The Kier molecular flexibility index (Phi) is 1.88. The summed E-state index contributed by atoms with van der Waals surface area (Å²) in [6, 6.07) is 1.43. The van der Waals surface area contributed by atoms with Gasteiger partial charge in [-0.15, -0.1) is 0 Å². The van der Waals surface area contributed by atoms with E-state index in [9.17, 15) is 8.78 Å². The Balaban J connectivity index is 2.69. The molecule has 2 heterocycles. The summed E-state index contributed by atoms with van der Waals surface area (Å²) < 4.78 is 25.8. The van der Waals surface area contributed by atoms with E-state index in [0.29, 0.717) is 5.65 Å². The maximum atomic E-state index is 12.3. The average Bonchev–Trinajstić information content (AvgIpc) is 2.46. The van der Waals surface area contributed by atoms with Gasteiger partial charge in [0.15, 0.2) is 11.5 Å². The number of imidazole rings is 1. The lowest BCUT2D eigenvalue weighted by Crippen LogP contribution is -1.95. The summed E-state index contributed by atoms with van der Waals surface area (Å²) in [5.74, 6) is -0.320. The molecule has 0 spiro atoms. The van der Waals surface area contributed by atoms with Crippen LogP contribution in [0.1, 0.15) is 12.2 Å². The third-order valence-electron chi connectivity index (χ3n) is 1.58. The zero-order valence-corrected chi connectivity index (χ0v) is 7.04. The molecule has 0 aliphatic heterocycles. The highest BCUT2D eigenvalue weighted by atomic mass is 35.5. The van der Waals surface area contributed by atoms with E-state index in [1.54, 1.807) is 0 Å². The van der Waals surface area contributed by atoms with Gasteiger partial charge in [-0.05, 0) is 6.07 Å². The average molecular weight is 204 g/mol. The van der Waals surface area contributed by atoms with E-state index in [4.69, 9.17) is 11.6 Å². The van der Waals surface area contributed by atoms with Crippen LogP contribution in [0.4, 0.5) is 8.78 Å². The van der Waals surface area contributed by atoms with Gasteiger partial charge in [0.05, 0.1) is 6.20 Å². The Bertz CT molecular complexity index is 440. The normalized spacial score (nSPS) is 11.4. The Hall–Kier alpha value is -1.23. The highest BCUT2D eigenvalue weighted by molar-refractivity contribution is 6.29. The Labute approximate surface area is 77.0 Å². The molecular formula is C7H4ClF2N3. The second kappa shape index (κ2) is 2.92. The predicted molar refractivity (Wildman–Crippen MR) is 43.0 cm³/mol. The molecule has 0 amide bonds. The second-order valence-electron chi connectivity index (χ2n) is 2.40. The Morgan fingerprint density at radius 3 is 2.92 bits per heavy atom. The van der Waals surface area contributed by atoms with Crippen LogP contribution in [0, 0.1) is 0 Å². The molecule has 0 radical (unpaired) electrons. The summed E-state index contributed by atoms with van der Waals surface area (Å²) in [6.07, 6.45) is 0.0671. The molecule has 3 nitrogen and oxygen atoms in total. The van der Waals surface area contributed by atoms with Crippen molar-refractivity contribution in [3.05, 3.63) is 29.4 Å². The van der Waals surface area contributed by atoms with Crippen molar-refractivity contribution in [1.29, 1.82) is 0 Å². The van der Waals surface area contributed by atoms with Crippen LogP contribution in [0.25, 0.3) is 5.65 Å². The first-order chi connectivity index (χ1) is 6.18. The van der Waals surface area contributed by atoms with Crippen LogP contribution in [0.15, 0.2) is 18.5 Å². The lowest BCUT2D eigenvalue weighted by molar-refractivity contribution is 0.139. The standard InChI is InChI=1S/C7H4ClF2N3/c8-4-1-2-13-5(12-4)3-11-7(13)6(9)10/h1-3,6H. The largest absolute Gasteiger partial charge is 0.295 e. The van der Waals surface area contributed by atoms with Gasteiger partial charge in [0.1, 0.15) is 5.15 Å². The molecule has 0 aliphatic carbocycles. The minimum Gasteiger partial charge on any atom is -0.283 e. The molecule has 0 saturated heterocycles. The summed E-state index contributed by atoms with van der Waals surface area (Å²) >= 11 is 5.57. The zero-order chi connectivity index (χ0) is 9.42. The van der Waals surface area contributed by atoms with Gasteiger partial charge in [-0.2, -0.15) is 0 Å². The number of halogens is 3. The van der Waals surface area contributed by atoms with E-state index in [1.165, 1.54) is 22.9 Å². The molecule has 2 rings (SSSR count). The van der Waals surface area contributed by atoms with Gasteiger partial charge in [0, 0.05) is 6.20 Å². The van der Waals surface area contributed by atoms with Crippen molar-refractivity contribution >= 4 is 17.2 Å². The van der Waals surface area contributed by atoms with Crippen LogP contribution >= 0.6 is 11.6 Å². The maximum absolute atomic E-state index is 12.3. The van der Waals surface area contributed by atoms with Gasteiger partial charge in [-0.1, -0.05) is 11.6 Å². The second-order valence-corrected chi connectivity index (χ2v) is 2.78. The number of hydrogen-bond acceptors (Lipinski definition) is 2. The molecule has 6 heteroatoms. The van der Waals surface area contributed by atoms with E-state index in [-0.39, 0.29) is 11.0 Å². The molecule has 0 unspecified atom stereocenters. The first-order valence-corrected chi connectivity index (χ1v) is 3.84. The van der Waals surface area contributed by atoms with Crippen LogP contribution in [0.5, 0.6) is 0 Å². The topological polar surface area (TPSA) is 30.2 Å². The van der Waals surface area contributed by atoms with E-state index in [0.717, 1.165) is 0 Å². The number of alkyl halides is 2. The molecule has 2 aromatic rings. The fraction of sp³-hybridized carbons (Fsp3) is 0.143. The fourth-order valence-electron chi connectivity index (χ4n) is 1.05. The zero-order valence-electron chi connectivity index (χ0n) is 6.28. The van der Waals surface area contributed by atoms with Crippen molar-refractivity contribution in [2.75, 3.05) is 0 Å². The molecule has 0 saturated carbocycles. The summed E-state index contributed by atoms with van der Waals surface area (Å²) in [6.45, 7) is 0. The van der Waals surface area contributed by atoms with Gasteiger partial charge in [-0.25, -0.2) is 18.7 Å². The number of hydrogen-bond donors (Lipinski definition) is 0. The third kappa shape index (κ3) is 1.35. The number of rotatable bonds is 1. The lowest BCUT2D eigenvalue weighted by atomic mass is 10.6. The molecule has 68 valence electrons. The van der Waals surface area contributed by atoms with Crippen molar-refractivity contribution < 1.29 is 8.78 Å². The molecule has 0 bridgehead atoms. The molecule has 0 aliphatic rings. The highest BCUT2D eigenvalue weighted by Crippen LogP contribution is 2.18. The molecule has 0 atom stereocenters. The Morgan fingerprint density at radius 1 is 1.46 bits per heavy atom. The maximum Gasteiger partial charge on any atom is 0.295 e. The molecular weight excluding hydrogens is 200 g/mol. The quantitative estimate of drug-likeness (QED) is 0.666. The van der Waals surface area contributed by atoms with Crippen LogP contribution in [-0.4, -0.2) is 14.4 Å². The predicted octanol–water partition coefficient (Wildman–Crippen LogP) is 2.32. The molecule has 0 fully saturated rings. The number of fused-ring (bicyclic) bond motifs is 1.